The van der Waals surface area contributed by atoms with Gasteiger partial charge in [-0.3, -0.25) is 9.59 Å². The zero-order valence-electron chi connectivity index (χ0n) is 19.2. The lowest BCUT2D eigenvalue weighted by atomic mass is 9.96. The molecule has 0 aromatic heterocycles. The summed E-state index contributed by atoms with van der Waals surface area (Å²) in [5.41, 5.74) is 1.89. The van der Waals surface area contributed by atoms with Gasteiger partial charge in [-0.15, -0.1) is 6.58 Å². The van der Waals surface area contributed by atoms with Crippen LogP contribution in [-0.4, -0.2) is 47.7 Å². The van der Waals surface area contributed by atoms with Gasteiger partial charge in [-0.05, 0) is 56.2 Å². The number of nitrogens with zero attached hydrogens (tertiary/aromatic N) is 3. The highest BCUT2D eigenvalue weighted by atomic mass is 35.5. The van der Waals surface area contributed by atoms with Crippen molar-refractivity contribution in [3.63, 3.8) is 0 Å². The summed E-state index contributed by atoms with van der Waals surface area (Å²) in [6, 6.07) is 14.8. The number of aryl methyl sites for hydroxylation is 1. The van der Waals surface area contributed by atoms with Gasteiger partial charge < -0.3 is 10.2 Å². The Balaban J connectivity index is 0.000000291. The number of benzene rings is 2. The molecule has 0 saturated carbocycles. The van der Waals surface area contributed by atoms with Crippen molar-refractivity contribution >= 4 is 46.5 Å². The number of hydrogen-bond acceptors (Lipinski definition) is 4. The SMILES string of the molecule is C=CC.CN1N=C2CCC(C(=O)Nc3cccc(Cl)c3)CN2CC1=O.Cc1cccc(Cl)c1. The van der Waals surface area contributed by atoms with Crippen LogP contribution in [0, 0.1) is 12.8 Å². The quantitative estimate of drug-likeness (QED) is 0.558. The first-order valence-corrected chi connectivity index (χ1v) is 11.4. The van der Waals surface area contributed by atoms with Crippen molar-refractivity contribution in [2.45, 2.75) is 26.7 Å². The fraction of sp³-hybridized carbons (Fsp3) is 0.320. The van der Waals surface area contributed by atoms with Crippen molar-refractivity contribution in [2.24, 2.45) is 11.0 Å². The Morgan fingerprint density at radius 3 is 2.39 bits per heavy atom. The minimum atomic E-state index is -0.158. The van der Waals surface area contributed by atoms with Crippen LogP contribution in [0.3, 0.4) is 0 Å². The van der Waals surface area contributed by atoms with E-state index in [0.717, 1.165) is 17.3 Å². The summed E-state index contributed by atoms with van der Waals surface area (Å²) < 4.78 is 0. The number of amides is 2. The van der Waals surface area contributed by atoms with E-state index in [0.29, 0.717) is 23.7 Å². The number of nitrogens with one attached hydrogen (secondary N) is 1. The molecule has 8 heteroatoms. The molecule has 2 aromatic rings. The second-order valence-corrected chi connectivity index (χ2v) is 8.63. The van der Waals surface area contributed by atoms with E-state index in [2.05, 4.69) is 17.0 Å². The Kier molecular flexibility index (Phi) is 10.4. The number of carbonyl (C=O) groups excluding carboxylic acids is 2. The Morgan fingerprint density at radius 1 is 1.18 bits per heavy atom. The molecular weight excluding hydrogens is 459 g/mol. The molecule has 176 valence electrons. The molecule has 2 heterocycles. The molecule has 2 aromatic carbocycles. The third-order valence-electron chi connectivity index (χ3n) is 4.92. The summed E-state index contributed by atoms with van der Waals surface area (Å²) in [4.78, 5) is 26.0. The third-order valence-corrected chi connectivity index (χ3v) is 5.39. The van der Waals surface area contributed by atoms with Gasteiger partial charge in [0.1, 0.15) is 12.4 Å². The number of piperidine rings is 1. The number of amidine groups is 1. The lowest BCUT2D eigenvalue weighted by Crippen LogP contribution is -2.51. The zero-order valence-corrected chi connectivity index (χ0v) is 20.7. The molecule has 1 saturated heterocycles. The average molecular weight is 489 g/mol. The average Bonchev–Trinajstić information content (AvgIpc) is 2.75. The monoisotopic (exact) mass is 488 g/mol. The Hall–Kier alpha value is -2.83. The Labute approximate surface area is 205 Å². The number of hydrazone groups is 1. The molecule has 4 rings (SSSR count). The fourth-order valence-corrected chi connectivity index (χ4v) is 3.75. The van der Waals surface area contributed by atoms with Crippen molar-refractivity contribution in [3.05, 3.63) is 76.8 Å². The maximum absolute atomic E-state index is 12.4. The van der Waals surface area contributed by atoms with Crippen LogP contribution < -0.4 is 5.32 Å². The summed E-state index contributed by atoms with van der Waals surface area (Å²) in [5.74, 6) is 0.621. The van der Waals surface area contributed by atoms with E-state index in [1.807, 2.05) is 43.0 Å². The van der Waals surface area contributed by atoms with Gasteiger partial charge in [0.25, 0.3) is 5.91 Å². The van der Waals surface area contributed by atoms with Gasteiger partial charge in [0.15, 0.2) is 0 Å². The smallest absolute Gasteiger partial charge is 0.261 e. The standard InChI is InChI=1S/C15H17ClN4O2.C7H7Cl.C3H6/c1-19-14(21)9-20-8-10(5-6-13(20)18-19)15(22)17-12-4-2-3-11(16)7-12;1-6-3-2-4-7(8)5-6;1-3-2/h2-4,7,10H,5-6,8-9H2,1H3,(H,17,22);2-5H,1H3;3H,1H2,2H3. The first-order chi connectivity index (χ1) is 15.7. The van der Waals surface area contributed by atoms with E-state index in [1.54, 1.807) is 37.4 Å². The van der Waals surface area contributed by atoms with Gasteiger partial charge in [-0.2, -0.15) is 5.10 Å². The van der Waals surface area contributed by atoms with E-state index < -0.39 is 0 Å². The van der Waals surface area contributed by atoms with Gasteiger partial charge >= 0.3 is 0 Å². The zero-order chi connectivity index (χ0) is 24.4. The largest absolute Gasteiger partial charge is 0.348 e. The third kappa shape index (κ3) is 8.56. The number of hydrogen-bond donors (Lipinski definition) is 1. The number of halogens is 2. The molecule has 2 amide bonds. The molecule has 0 radical (unpaired) electrons. The maximum Gasteiger partial charge on any atom is 0.261 e. The van der Waals surface area contributed by atoms with Crippen LogP contribution in [0.1, 0.15) is 25.3 Å². The van der Waals surface area contributed by atoms with Crippen molar-refractivity contribution in [2.75, 3.05) is 25.5 Å². The lowest BCUT2D eigenvalue weighted by Gasteiger charge is -2.38. The van der Waals surface area contributed by atoms with Crippen LogP contribution in [0.5, 0.6) is 0 Å². The summed E-state index contributed by atoms with van der Waals surface area (Å²) in [5, 5.41) is 9.90. The van der Waals surface area contributed by atoms with E-state index in [-0.39, 0.29) is 24.3 Å². The highest BCUT2D eigenvalue weighted by molar-refractivity contribution is 6.31. The molecule has 1 atom stereocenters. The van der Waals surface area contributed by atoms with Crippen molar-refractivity contribution < 1.29 is 9.59 Å². The topological polar surface area (TPSA) is 65.0 Å². The number of allylic oxidation sites excluding steroid dienone is 1. The molecule has 1 unspecified atom stereocenters. The summed E-state index contributed by atoms with van der Waals surface area (Å²) in [6.45, 7) is 8.08. The van der Waals surface area contributed by atoms with Crippen LogP contribution in [0.15, 0.2) is 66.3 Å². The van der Waals surface area contributed by atoms with Gasteiger partial charge in [-0.1, -0.05) is 47.5 Å². The van der Waals surface area contributed by atoms with E-state index in [9.17, 15) is 9.59 Å². The Morgan fingerprint density at radius 2 is 1.82 bits per heavy atom. The molecule has 0 spiro atoms. The predicted octanol–water partition coefficient (Wildman–Crippen LogP) is 5.62. The number of likely N-dealkylation sites (N-methyl/N-ethyl adjacent to an activating group) is 1. The lowest BCUT2D eigenvalue weighted by molar-refractivity contribution is -0.132. The number of carbonyl (C=O) groups is 2. The van der Waals surface area contributed by atoms with Crippen LogP contribution >= 0.6 is 23.2 Å². The molecular formula is C25H30Cl2N4O2. The van der Waals surface area contributed by atoms with Crippen molar-refractivity contribution in [1.82, 2.24) is 9.91 Å². The first kappa shape index (κ1) is 26.4. The van der Waals surface area contributed by atoms with E-state index >= 15 is 0 Å². The van der Waals surface area contributed by atoms with Crippen LogP contribution in [0.4, 0.5) is 5.69 Å². The highest BCUT2D eigenvalue weighted by Crippen LogP contribution is 2.23. The molecule has 33 heavy (non-hydrogen) atoms. The summed E-state index contributed by atoms with van der Waals surface area (Å²) >= 11 is 11.6. The minimum Gasteiger partial charge on any atom is -0.348 e. The first-order valence-electron chi connectivity index (χ1n) is 10.7. The van der Waals surface area contributed by atoms with Crippen LogP contribution in [0.2, 0.25) is 10.0 Å². The molecule has 0 bridgehead atoms. The predicted molar refractivity (Wildman–Crippen MR) is 137 cm³/mol. The van der Waals surface area contributed by atoms with Gasteiger partial charge in [-0.25, -0.2) is 5.01 Å². The molecule has 1 N–H and O–H groups in total. The van der Waals surface area contributed by atoms with Crippen molar-refractivity contribution in [3.8, 4) is 0 Å². The van der Waals surface area contributed by atoms with E-state index in [4.69, 9.17) is 23.2 Å². The molecule has 6 nitrogen and oxygen atoms in total. The van der Waals surface area contributed by atoms with Gasteiger partial charge in [0, 0.05) is 35.7 Å². The minimum absolute atomic E-state index is 0.0484. The molecule has 2 aliphatic rings. The number of rotatable bonds is 2. The van der Waals surface area contributed by atoms with Crippen LogP contribution in [-0.2, 0) is 9.59 Å². The second-order valence-electron chi connectivity index (χ2n) is 7.76. The van der Waals surface area contributed by atoms with Crippen molar-refractivity contribution in [1.29, 1.82) is 0 Å². The van der Waals surface area contributed by atoms with Gasteiger partial charge in [0.2, 0.25) is 5.91 Å². The van der Waals surface area contributed by atoms with E-state index in [1.165, 1.54) is 10.6 Å². The molecule has 0 aliphatic carbocycles. The Bertz CT molecular complexity index is 992. The number of fused-ring (bicyclic) bond motifs is 1. The normalized spacial score (nSPS) is 16.8. The summed E-state index contributed by atoms with van der Waals surface area (Å²) in [7, 11) is 1.66. The molecule has 1 fully saturated rings. The fourth-order valence-electron chi connectivity index (χ4n) is 3.32. The second kappa shape index (κ2) is 13.0. The summed E-state index contributed by atoms with van der Waals surface area (Å²) in [6.07, 6.45) is 3.18. The molecule has 2 aliphatic heterocycles. The maximum atomic E-state index is 12.4. The van der Waals surface area contributed by atoms with Gasteiger partial charge in [0.05, 0.1) is 5.92 Å². The number of anilines is 1. The van der Waals surface area contributed by atoms with Crippen LogP contribution in [0.25, 0.3) is 0 Å². The highest BCUT2D eigenvalue weighted by Gasteiger charge is 2.33.